The molecule has 0 saturated carbocycles. The molecule has 1 heterocycles. The number of hydrogen-bond donors (Lipinski definition) is 2. The summed E-state index contributed by atoms with van der Waals surface area (Å²) in [5, 5.41) is 6.88. The van der Waals surface area contributed by atoms with Crippen molar-refractivity contribution in [3.05, 3.63) is 60.3 Å². The summed E-state index contributed by atoms with van der Waals surface area (Å²) in [6.07, 6.45) is 2.28. The van der Waals surface area contributed by atoms with Crippen LogP contribution in [0, 0.1) is 5.41 Å². The standard InChI is InChI=1S/C22H25N3O2/c1-22(2,3)21(27)24-17-9-7-8-16(13-17)23-20(26)12-15-14-25(4)19-11-6-5-10-18(15)19/h5-11,13-14H,12H2,1-4H3,(H,23,26)(H,24,27). The lowest BCUT2D eigenvalue weighted by molar-refractivity contribution is -0.123. The SMILES string of the molecule is Cn1cc(CC(=O)Nc2cccc(NC(=O)C(C)(C)C)c2)c2ccccc21. The lowest BCUT2D eigenvalue weighted by Crippen LogP contribution is -2.27. The van der Waals surface area contributed by atoms with Crippen LogP contribution in [0.15, 0.2) is 54.7 Å². The zero-order valence-electron chi connectivity index (χ0n) is 16.2. The van der Waals surface area contributed by atoms with Crippen LogP contribution in [-0.4, -0.2) is 16.4 Å². The second kappa shape index (κ2) is 7.27. The fourth-order valence-electron chi connectivity index (χ4n) is 2.94. The quantitative estimate of drug-likeness (QED) is 0.724. The van der Waals surface area contributed by atoms with Gasteiger partial charge in [0.15, 0.2) is 0 Å². The highest BCUT2D eigenvalue weighted by Gasteiger charge is 2.21. The minimum atomic E-state index is -0.479. The largest absolute Gasteiger partial charge is 0.350 e. The molecule has 0 radical (unpaired) electrons. The molecule has 2 N–H and O–H groups in total. The van der Waals surface area contributed by atoms with Gasteiger partial charge in [-0.15, -0.1) is 0 Å². The fraction of sp³-hybridized carbons (Fsp3) is 0.273. The number of nitrogens with zero attached hydrogens (tertiary/aromatic N) is 1. The summed E-state index contributed by atoms with van der Waals surface area (Å²) in [7, 11) is 1.98. The summed E-state index contributed by atoms with van der Waals surface area (Å²) in [4.78, 5) is 24.7. The topological polar surface area (TPSA) is 63.1 Å². The van der Waals surface area contributed by atoms with Crippen molar-refractivity contribution in [2.45, 2.75) is 27.2 Å². The Morgan fingerprint density at radius 2 is 1.63 bits per heavy atom. The molecule has 2 amide bonds. The average molecular weight is 363 g/mol. The molecule has 140 valence electrons. The number of hydrogen-bond acceptors (Lipinski definition) is 2. The van der Waals surface area contributed by atoms with Gasteiger partial charge in [-0.05, 0) is 29.8 Å². The van der Waals surface area contributed by atoms with E-state index in [1.165, 1.54) is 0 Å². The van der Waals surface area contributed by atoms with E-state index in [9.17, 15) is 9.59 Å². The fourth-order valence-corrected chi connectivity index (χ4v) is 2.94. The Bertz CT molecular complexity index is 996. The maximum atomic E-state index is 12.5. The maximum absolute atomic E-state index is 12.5. The first-order valence-corrected chi connectivity index (χ1v) is 8.98. The van der Waals surface area contributed by atoms with Gasteiger partial charge in [-0.3, -0.25) is 9.59 Å². The molecule has 2 aromatic carbocycles. The molecule has 0 aliphatic rings. The van der Waals surface area contributed by atoms with Crippen molar-refractivity contribution in [1.82, 2.24) is 4.57 Å². The summed E-state index contributed by atoms with van der Waals surface area (Å²) in [5.74, 6) is -0.160. The van der Waals surface area contributed by atoms with Gasteiger partial charge in [-0.2, -0.15) is 0 Å². The molecule has 0 atom stereocenters. The summed E-state index contributed by atoms with van der Waals surface area (Å²) >= 11 is 0. The first kappa shape index (κ1) is 18.7. The number of para-hydroxylation sites is 1. The van der Waals surface area contributed by atoms with E-state index in [2.05, 4.69) is 10.6 Å². The third-order valence-corrected chi connectivity index (χ3v) is 4.42. The number of amides is 2. The first-order chi connectivity index (χ1) is 12.7. The van der Waals surface area contributed by atoms with Gasteiger partial charge in [0.1, 0.15) is 0 Å². The number of rotatable bonds is 4. The van der Waals surface area contributed by atoms with E-state index in [0.29, 0.717) is 17.8 Å². The number of carbonyl (C=O) groups excluding carboxylic acids is 2. The number of anilines is 2. The van der Waals surface area contributed by atoms with E-state index in [1.807, 2.05) is 81.0 Å². The summed E-state index contributed by atoms with van der Waals surface area (Å²) in [6, 6.07) is 15.2. The molecule has 0 saturated heterocycles. The van der Waals surface area contributed by atoms with Crippen molar-refractivity contribution in [3.8, 4) is 0 Å². The van der Waals surface area contributed by atoms with E-state index >= 15 is 0 Å². The lowest BCUT2D eigenvalue weighted by Gasteiger charge is -2.18. The van der Waals surface area contributed by atoms with Crippen LogP contribution in [0.25, 0.3) is 10.9 Å². The predicted octanol–water partition coefficient (Wildman–Crippen LogP) is 4.34. The normalized spacial score (nSPS) is 11.4. The number of aryl methyl sites for hydroxylation is 1. The van der Waals surface area contributed by atoms with Crippen LogP contribution in [0.3, 0.4) is 0 Å². The predicted molar refractivity (Wildman–Crippen MR) is 110 cm³/mol. The first-order valence-electron chi connectivity index (χ1n) is 8.98. The molecule has 3 aromatic rings. The molecule has 0 spiro atoms. The zero-order valence-corrected chi connectivity index (χ0v) is 16.2. The summed E-state index contributed by atoms with van der Waals surface area (Å²) in [6.45, 7) is 5.58. The van der Waals surface area contributed by atoms with Crippen LogP contribution in [-0.2, 0) is 23.1 Å². The second-order valence-corrected chi connectivity index (χ2v) is 7.79. The van der Waals surface area contributed by atoms with Crippen molar-refractivity contribution < 1.29 is 9.59 Å². The van der Waals surface area contributed by atoms with Gasteiger partial charge in [-0.1, -0.05) is 45.0 Å². The van der Waals surface area contributed by atoms with Crippen LogP contribution in [0.4, 0.5) is 11.4 Å². The number of benzene rings is 2. The van der Waals surface area contributed by atoms with E-state index in [0.717, 1.165) is 16.5 Å². The van der Waals surface area contributed by atoms with Crippen molar-refractivity contribution in [1.29, 1.82) is 0 Å². The molecular formula is C22H25N3O2. The number of carbonyl (C=O) groups is 2. The average Bonchev–Trinajstić information content (AvgIpc) is 2.90. The van der Waals surface area contributed by atoms with Gasteiger partial charge >= 0.3 is 0 Å². The highest BCUT2D eigenvalue weighted by Crippen LogP contribution is 2.22. The van der Waals surface area contributed by atoms with Gasteiger partial charge in [0.25, 0.3) is 0 Å². The molecule has 3 rings (SSSR count). The molecule has 0 fully saturated rings. The summed E-state index contributed by atoms with van der Waals surface area (Å²) in [5.41, 5.74) is 2.94. The molecule has 0 unspecified atom stereocenters. The highest BCUT2D eigenvalue weighted by molar-refractivity contribution is 5.98. The van der Waals surface area contributed by atoms with Gasteiger partial charge in [0.2, 0.25) is 11.8 Å². The third kappa shape index (κ3) is 4.37. The van der Waals surface area contributed by atoms with E-state index < -0.39 is 5.41 Å². The smallest absolute Gasteiger partial charge is 0.229 e. The minimum absolute atomic E-state index is 0.0678. The summed E-state index contributed by atoms with van der Waals surface area (Å²) < 4.78 is 2.03. The van der Waals surface area contributed by atoms with Crippen molar-refractivity contribution in [3.63, 3.8) is 0 Å². The Hall–Kier alpha value is -3.08. The number of nitrogens with one attached hydrogen (secondary N) is 2. The molecule has 0 aliphatic heterocycles. The molecule has 0 bridgehead atoms. The number of fused-ring (bicyclic) bond motifs is 1. The van der Waals surface area contributed by atoms with Crippen LogP contribution >= 0.6 is 0 Å². The van der Waals surface area contributed by atoms with Crippen LogP contribution in [0.2, 0.25) is 0 Å². The molecule has 0 aliphatic carbocycles. The minimum Gasteiger partial charge on any atom is -0.350 e. The number of aromatic nitrogens is 1. The van der Waals surface area contributed by atoms with Crippen LogP contribution in [0.1, 0.15) is 26.3 Å². The Balaban J connectivity index is 1.71. The second-order valence-electron chi connectivity index (χ2n) is 7.79. The van der Waals surface area contributed by atoms with Crippen LogP contribution in [0.5, 0.6) is 0 Å². The Morgan fingerprint density at radius 3 is 2.33 bits per heavy atom. The molecule has 1 aromatic heterocycles. The van der Waals surface area contributed by atoms with Crippen molar-refractivity contribution >= 4 is 34.1 Å². The van der Waals surface area contributed by atoms with Gasteiger partial charge in [-0.25, -0.2) is 0 Å². The zero-order chi connectivity index (χ0) is 19.6. The van der Waals surface area contributed by atoms with E-state index in [1.54, 1.807) is 6.07 Å². The molecule has 27 heavy (non-hydrogen) atoms. The maximum Gasteiger partial charge on any atom is 0.229 e. The van der Waals surface area contributed by atoms with E-state index in [-0.39, 0.29) is 11.8 Å². The van der Waals surface area contributed by atoms with Crippen LogP contribution < -0.4 is 10.6 Å². The molecule has 5 heteroatoms. The Labute approximate surface area is 159 Å². The van der Waals surface area contributed by atoms with Crippen molar-refractivity contribution in [2.24, 2.45) is 12.5 Å². The highest BCUT2D eigenvalue weighted by atomic mass is 16.2. The Morgan fingerprint density at radius 1 is 0.963 bits per heavy atom. The monoisotopic (exact) mass is 363 g/mol. The molecular weight excluding hydrogens is 338 g/mol. The lowest BCUT2D eigenvalue weighted by atomic mass is 9.95. The third-order valence-electron chi connectivity index (χ3n) is 4.42. The van der Waals surface area contributed by atoms with Crippen molar-refractivity contribution in [2.75, 3.05) is 10.6 Å². The van der Waals surface area contributed by atoms with Gasteiger partial charge < -0.3 is 15.2 Å². The molecule has 5 nitrogen and oxygen atoms in total. The van der Waals surface area contributed by atoms with E-state index in [4.69, 9.17) is 0 Å². The van der Waals surface area contributed by atoms with Gasteiger partial charge in [0, 0.05) is 40.9 Å². The van der Waals surface area contributed by atoms with Gasteiger partial charge in [0.05, 0.1) is 6.42 Å². The Kier molecular flexibility index (Phi) is 5.04.